The SMILES string of the molecule is Cc1ccc(-c2cnc(CCC(=O)NCc3cccc(OCC(F)(F)F)c3)o2)cc1. The molecular weight excluding hydrogens is 397 g/mol. The molecule has 0 aliphatic carbocycles. The summed E-state index contributed by atoms with van der Waals surface area (Å²) in [5, 5.41) is 2.73. The van der Waals surface area contributed by atoms with E-state index >= 15 is 0 Å². The molecule has 3 rings (SSSR count). The Kier molecular flexibility index (Phi) is 6.76. The minimum atomic E-state index is -4.40. The van der Waals surface area contributed by atoms with Gasteiger partial charge in [-0.3, -0.25) is 4.79 Å². The Morgan fingerprint density at radius 1 is 1.17 bits per heavy atom. The number of halogens is 3. The zero-order valence-corrected chi connectivity index (χ0v) is 16.3. The van der Waals surface area contributed by atoms with E-state index in [0.29, 0.717) is 23.6 Å². The zero-order chi connectivity index (χ0) is 21.6. The normalized spacial score (nSPS) is 11.3. The van der Waals surface area contributed by atoms with Crippen molar-refractivity contribution >= 4 is 5.91 Å². The lowest BCUT2D eigenvalue weighted by molar-refractivity contribution is -0.153. The quantitative estimate of drug-likeness (QED) is 0.569. The van der Waals surface area contributed by atoms with Gasteiger partial charge in [0.25, 0.3) is 0 Å². The maximum absolute atomic E-state index is 12.2. The smallest absolute Gasteiger partial charge is 0.422 e. The van der Waals surface area contributed by atoms with E-state index in [0.717, 1.165) is 11.1 Å². The van der Waals surface area contributed by atoms with Crippen molar-refractivity contribution in [2.75, 3.05) is 6.61 Å². The van der Waals surface area contributed by atoms with Crippen LogP contribution < -0.4 is 10.1 Å². The highest BCUT2D eigenvalue weighted by Crippen LogP contribution is 2.21. The summed E-state index contributed by atoms with van der Waals surface area (Å²) in [4.78, 5) is 16.3. The Hall–Kier alpha value is -3.29. The van der Waals surface area contributed by atoms with Gasteiger partial charge in [-0.25, -0.2) is 4.98 Å². The molecule has 0 bridgehead atoms. The number of carbonyl (C=O) groups excluding carboxylic acids is 1. The maximum atomic E-state index is 12.2. The van der Waals surface area contributed by atoms with E-state index in [1.165, 1.54) is 12.1 Å². The average molecular weight is 418 g/mol. The largest absolute Gasteiger partial charge is 0.484 e. The number of carbonyl (C=O) groups is 1. The molecule has 0 saturated carbocycles. The molecule has 1 N–H and O–H groups in total. The first-order valence-electron chi connectivity index (χ1n) is 9.35. The summed E-state index contributed by atoms with van der Waals surface area (Å²) in [5.74, 6) is 0.985. The fourth-order valence-electron chi connectivity index (χ4n) is 2.70. The molecule has 0 atom stereocenters. The molecule has 0 aliphatic rings. The molecule has 0 fully saturated rings. The summed E-state index contributed by atoms with van der Waals surface area (Å²) in [6.07, 6.45) is -2.25. The van der Waals surface area contributed by atoms with Crippen molar-refractivity contribution in [3.05, 3.63) is 71.7 Å². The number of hydrogen-bond acceptors (Lipinski definition) is 4. The van der Waals surface area contributed by atoms with Gasteiger partial charge >= 0.3 is 6.18 Å². The summed E-state index contributed by atoms with van der Waals surface area (Å²) in [7, 11) is 0. The highest BCUT2D eigenvalue weighted by Gasteiger charge is 2.28. The predicted octanol–water partition coefficient (Wildman–Crippen LogP) is 4.84. The summed E-state index contributed by atoms with van der Waals surface area (Å²) in [6.45, 7) is 0.825. The number of hydrogen-bond donors (Lipinski definition) is 1. The van der Waals surface area contributed by atoms with Gasteiger partial charge in [-0.2, -0.15) is 13.2 Å². The molecule has 5 nitrogen and oxygen atoms in total. The number of rotatable bonds is 8. The lowest BCUT2D eigenvalue weighted by atomic mass is 10.1. The molecule has 2 aromatic carbocycles. The lowest BCUT2D eigenvalue weighted by Crippen LogP contribution is -2.23. The molecule has 1 aromatic heterocycles. The number of nitrogens with zero attached hydrogens (tertiary/aromatic N) is 1. The van der Waals surface area contributed by atoms with Crippen LogP contribution in [0.1, 0.15) is 23.4 Å². The van der Waals surface area contributed by atoms with Gasteiger partial charge in [0.1, 0.15) is 5.75 Å². The van der Waals surface area contributed by atoms with E-state index in [1.807, 2.05) is 31.2 Å². The fraction of sp³-hybridized carbons (Fsp3) is 0.273. The van der Waals surface area contributed by atoms with E-state index in [9.17, 15) is 18.0 Å². The summed E-state index contributed by atoms with van der Waals surface area (Å²) in [6, 6.07) is 14.0. The first-order valence-corrected chi connectivity index (χ1v) is 9.35. The van der Waals surface area contributed by atoms with Crippen LogP contribution in [0.2, 0.25) is 0 Å². The second-order valence-corrected chi connectivity index (χ2v) is 6.81. The Bertz CT molecular complexity index is 982. The third kappa shape index (κ3) is 6.65. The van der Waals surface area contributed by atoms with Crippen molar-refractivity contribution in [2.45, 2.75) is 32.5 Å². The molecule has 0 radical (unpaired) electrons. The Morgan fingerprint density at radius 2 is 1.93 bits per heavy atom. The van der Waals surface area contributed by atoms with Crippen LogP contribution in [0.25, 0.3) is 11.3 Å². The number of oxazole rings is 1. The monoisotopic (exact) mass is 418 g/mol. The van der Waals surface area contributed by atoms with Crippen LogP contribution in [0.3, 0.4) is 0 Å². The van der Waals surface area contributed by atoms with Crippen LogP contribution in [-0.2, 0) is 17.8 Å². The number of alkyl halides is 3. The molecule has 0 unspecified atom stereocenters. The van der Waals surface area contributed by atoms with Gasteiger partial charge in [-0.15, -0.1) is 0 Å². The Labute approximate surface area is 171 Å². The van der Waals surface area contributed by atoms with Crippen molar-refractivity contribution in [1.82, 2.24) is 10.3 Å². The van der Waals surface area contributed by atoms with E-state index < -0.39 is 12.8 Å². The average Bonchev–Trinajstić information content (AvgIpc) is 3.19. The van der Waals surface area contributed by atoms with Crippen LogP contribution >= 0.6 is 0 Å². The van der Waals surface area contributed by atoms with E-state index in [-0.39, 0.29) is 24.6 Å². The molecule has 30 heavy (non-hydrogen) atoms. The van der Waals surface area contributed by atoms with Crippen molar-refractivity contribution in [3.8, 4) is 17.1 Å². The number of aryl methyl sites for hydroxylation is 2. The van der Waals surface area contributed by atoms with Crippen molar-refractivity contribution in [1.29, 1.82) is 0 Å². The van der Waals surface area contributed by atoms with Crippen molar-refractivity contribution < 1.29 is 27.1 Å². The molecule has 158 valence electrons. The first kappa shape index (κ1) is 21.4. The van der Waals surface area contributed by atoms with Gasteiger partial charge in [0.15, 0.2) is 18.3 Å². The number of aromatic nitrogens is 1. The van der Waals surface area contributed by atoms with Gasteiger partial charge in [0.2, 0.25) is 5.91 Å². The highest BCUT2D eigenvalue weighted by atomic mass is 19.4. The van der Waals surface area contributed by atoms with Crippen LogP contribution in [0, 0.1) is 6.92 Å². The molecule has 0 spiro atoms. The van der Waals surface area contributed by atoms with Crippen LogP contribution in [0.4, 0.5) is 13.2 Å². The van der Waals surface area contributed by atoms with Crippen molar-refractivity contribution in [2.24, 2.45) is 0 Å². The predicted molar refractivity (Wildman–Crippen MR) is 105 cm³/mol. The second kappa shape index (κ2) is 9.47. The third-order valence-corrected chi connectivity index (χ3v) is 4.25. The van der Waals surface area contributed by atoms with Crippen molar-refractivity contribution in [3.63, 3.8) is 0 Å². The lowest BCUT2D eigenvalue weighted by Gasteiger charge is -2.10. The van der Waals surface area contributed by atoms with Gasteiger partial charge < -0.3 is 14.5 Å². The minimum Gasteiger partial charge on any atom is -0.484 e. The van der Waals surface area contributed by atoms with Gasteiger partial charge in [0, 0.05) is 24.9 Å². The number of benzene rings is 2. The molecular formula is C22H21F3N2O3. The molecule has 1 heterocycles. The Balaban J connectivity index is 1.46. The van der Waals surface area contributed by atoms with Gasteiger partial charge in [-0.05, 0) is 24.6 Å². The molecule has 0 aliphatic heterocycles. The van der Waals surface area contributed by atoms with Gasteiger partial charge in [-0.1, -0.05) is 42.0 Å². The number of amides is 1. The first-order chi connectivity index (χ1) is 14.3. The highest BCUT2D eigenvalue weighted by molar-refractivity contribution is 5.76. The molecule has 8 heteroatoms. The molecule has 3 aromatic rings. The maximum Gasteiger partial charge on any atom is 0.422 e. The topological polar surface area (TPSA) is 64.4 Å². The molecule has 0 saturated heterocycles. The summed E-state index contributed by atoms with van der Waals surface area (Å²) in [5.41, 5.74) is 2.70. The number of ether oxygens (including phenoxy) is 1. The minimum absolute atomic E-state index is 0.0995. The summed E-state index contributed by atoms with van der Waals surface area (Å²) >= 11 is 0. The fourth-order valence-corrected chi connectivity index (χ4v) is 2.70. The van der Waals surface area contributed by atoms with E-state index in [4.69, 9.17) is 9.15 Å². The van der Waals surface area contributed by atoms with E-state index in [1.54, 1.807) is 18.3 Å². The van der Waals surface area contributed by atoms with Crippen LogP contribution in [-0.4, -0.2) is 23.7 Å². The van der Waals surface area contributed by atoms with Gasteiger partial charge in [0.05, 0.1) is 6.20 Å². The summed E-state index contributed by atoms with van der Waals surface area (Å²) < 4.78 is 47.1. The standard InChI is InChI=1S/C22H21F3N2O3/c1-15-5-7-17(8-6-15)19-13-27-21(30-19)10-9-20(28)26-12-16-3-2-4-18(11-16)29-14-22(23,24)25/h2-8,11,13H,9-10,12,14H2,1H3,(H,26,28). The second-order valence-electron chi connectivity index (χ2n) is 6.81. The third-order valence-electron chi connectivity index (χ3n) is 4.25. The molecule has 1 amide bonds. The Morgan fingerprint density at radius 3 is 2.67 bits per heavy atom. The van der Waals surface area contributed by atoms with E-state index in [2.05, 4.69) is 10.3 Å². The van der Waals surface area contributed by atoms with Crippen LogP contribution in [0.5, 0.6) is 5.75 Å². The zero-order valence-electron chi connectivity index (χ0n) is 16.3. The number of nitrogens with one attached hydrogen (secondary N) is 1. The van der Waals surface area contributed by atoms with Crippen LogP contribution in [0.15, 0.2) is 59.1 Å².